The van der Waals surface area contributed by atoms with E-state index in [-0.39, 0.29) is 6.73 Å². The van der Waals surface area contributed by atoms with Crippen LogP contribution in [0.5, 0.6) is 5.75 Å². The number of aromatic nitrogens is 3. The number of carbonyl (C=O) groups excluding carboxylic acids is 1. The molecule has 9 nitrogen and oxygen atoms in total. The van der Waals surface area contributed by atoms with Gasteiger partial charge in [-0.3, -0.25) is 14.1 Å². The summed E-state index contributed by atoms with van der Waals surface area (Å²) in [7, 11) is 2.05. The summed E-state index contributed by atoms with van der Waals surface area (Å²) >= 11 is 0. The summed E-state index contributed by atoms with van der Waals surface area (Å²) in [5.41, 5.74) is 4.23. The molecule has 2 aromatic heterocycles. The monoisotopic (exact) mass is 573 g/mol. The summed E-state index contributed by atoms with van der Waals surface area (Å²) in [4.78, 5) is 22.8. The van der Waals surface area contributed by atoms with Crippen molar-refractivity contribution in [1.82, 2.24) is 14.1 Å². The Hall–Kier alpha value is -3.94. The summed E-state index contributed by atoms with van der Waals surface area (Å²) < 4.78 is 21.2. The Balaban J connectivity index is 1.91. The average molecular weight is 574 g/mol. The number of hydrogen-bond donors (Lipinski definition) is 0. The van der Waals surface area contributed by atoms with Crippen LogP contribution in [0.1, 0.15) is 43.3 Å². The van der Waals surface area contributed by atoms with Gasteiger partial charge in [-0.15, -0.1) is 0 Å². The lowest BCUT2D eigenvalue weighted by molar-refractivity contribution is 0.0544. The topological polar surface area (TPSA) is 104 Å². The molecule has 0 atom stereocenters. The van der Waals surface area contributed by atoms with E-state index in [1.807, 2.05) is 50.5 Å². The first kappa shape index (κ1) is 30.0. The molecule has 0 saturated carbocycles. The largest absolute Gasteiger partial charge is 0.496 e. The Labute approximate surface area is 242 Å². The van der Waals surface area contributed by atoms with Gasteiger partial charge in [-0.25, -0.2) is 9.78 Å². The minimum Gasteiger partial charge on any atom is -0.496 e. The lowest BCUT2D eigenvalue weighted by atomic mass is 10.00. The Kier molecular flexibility index (Phi) is 8.43. The van der Waals surface area contributed by atoms with Gasteiger partial charge in [0, 0.05) is 33.3 Å². The molecule has 0 spiro atoms. The highest BCUT2D eigenvalue weighted by molar-refractivity contribution is 6.76. The molecule has 10 heteroatoms. The maximum absolute atomic E-state index is 13.1. The summed E-state index contributed by atoms with van der Waals surface area (Å²) in [5.74, 6) is 1.19. The lowest BCUT2D eigenvalue weighted by Crippen LogP contribution is -2.27. The van der Waals surface area contributed by atoms with Crippen LogP contribution < -0.4 is 4.74 Å². The zero-order valence-corrected chi connectivity index (χ0v) is 26.5. The highest BCUT2D eigenvalue weighted by atomic mass is 28.3. The molecule has 0 aliphatic carbocycles. The van der Waals surface area contributed by atoms with Crippen molar-refractivity contribution in [3.8, 4) is 11.8 Å². The van der Waals surface area contributed by atoms with Crippen molar-refractivity contribution in [2.75, 3.05) is 20.8 Å². The van der Waals surface area contributed by atoms with Gasteiger partial charge in [0.1, 0.15) is 23.8 Å². The molecule has 0 aliphatic rings. The first-order valence-corrected chi connectivity index (χ1v) is 17.4. The van der Waals surface area contributed by atoms with Crippen molar-refractivity contribution < 1.29 is 19.0 Å². The maximum Gasteiger partial charge on any atom is 0.419 e. The van der Waals surface area contributed by atoms with E-state index in [0.29, 0.717) is 46.1 Å². The van der Waals surface area contributed by atoms with Crippen molar-refractivity contribution in [2.24, 2.45) is 4.99 Å². The molecule has 2 heterocycles. The Morgan fingerprint density at radius 2 is 1.90 bits per heavy atom. The number of hydrogen-bond acceptors (Lipinski definition) is 7. The number of aliphatic imine (C=N–C) groups is 1. The van der Waals surface area contributed by atoms with E-state index in [9.17, 15) is 10.1 Å². The zero-order chi connectivity index (χ0) is 30.1. The molecule has 0 radical (unpaired) electrons. The summed E-state index contributed by atoms with van der Waals surface area (Å²) in [6.07, 6.45) is 1.25. The van der Waals surface area contributed by atoms with Crippen molar-refractivity contribution in [3.63, 3.8) is 0 Å². The Morgan fingerprint density at radius 3 is 2.51 bits per heavy atom. The number of nitriles is 1. The van der Waals surface area contributed by atoms with Gasteiger partial charge in [-0.1, -0.05) is 19.6 Å². The molecule has 0 unspecified atom stereocenters. The number of fused-ring (bicyclic) bond motifs is 2. The van der Waals surface area contributed by atoms with Gasteiger partial charge in [-0.2, -0.15) is 5.26 Å². The van der Waals surface area contributed by atoms with E-state index < -0.39 is 19.8 Å². The molecule has 0 bridgehead atoms. The molecule has 0 aliphatic heterocycles. The summed E-state index contributed by atoms with van der Waals surface area (Å²) in [5, 5.41) is 10.3. The fourth-order valence-electron chi connectivity index (χ4n) is 4.74. The molecular weight excluding hydrogens is 534 g/mol. The van der Waals surface area contributed by atoms with Crippen LogP contribution in [0.15, 0.2) is 41.5 Å². The minimum atomic E-state index is -1.28. The molecule has 0 fully saturated rings. The smallest absolute Gasteiger partial charge is 0.419 e. The molecule has 41 heavy (non-hydrogen) atoms. The van der Waals surface area contributed by atoms with Crippen LogP contribution in [-0.4, -0.2) is 60.4 Å². The first-order chi connectivity index (χ1) is 19.3. The number of methoxy groups -OCH3 is 1. The van der Waals surface area contributed by atoms with Crippen molar-refractivity contribution in [1.29, 1.82) is 5.26 Å². The fourth-order valence-corrected chi connectivity index (χ4v) is 5.50. The second-order valence-corrected chi connectivity index (χ2v) is 17.9. The molecule has 216 valence electrons. The second-order valence-electron chi connectivity index (χ2n) is 12.3. The third-order valence-electron chi connectivity index (χ3n) is 6.70. The van der Waals surface area contributed by atoms with Crippen LogP contribution in [0.3, 0.4) is 0 Å². The predicted molar refractivity (Wildman–Crippen MR) is 165 cm³/mol. The fraction of sp³-hybridized carbons (Fsp3) is 0.419. The predicted octanol–water partition coefficient (Wildman–Crippen LogP) is 6.74. The third kappa shape index (κ3) is 6.37. The number of ether oxygens (including phenoxy) is 3. The van der Waals surface area contributed by atoms with Gasteiger partial charge in [0.05, 0.1) is 40.9 Å². The highest BCUT2D eigenvalue weighted by Crippen LogP contribution is 2.35. The van der Waals surface area contributed by atoms with Crippen LogP contribution >= 0.6 is 0 Å². The standard InChI is InChI=1S/C31H39N5O4Si/c1-20-16-25(38-6)26(22-12-13-35(28(20)22)30(37)40-31(2,3)4)27(33-5)29-34-23-17-21(18-32)10-11-24(23)36(29)19-39-14-15-41(7,8)9/h10-13,16-17H,14-15,19H2,1-9H3. The van der Waals surface area contributed by atoms with Crippen LogP contribution in [0, 0.1) is 18.3 Å². The minimum absolute atomic E-state index is 0.275. The van der Waals surface area contributed by atoms with E-state index in [4.69, 9.17) is 24.2 Å². The first-order valence-electron chi connectivity index (χ1n) is 13.7. The van der Waals surface area contributed by atoms with Gasteiger partial charge in [0.15, 0.2) is 5.82 Å². The summed E-state index contributed by atoms with van der Waals surface area (Å²) in [6, 6.07) is 12.4. The van der Waals surface area contributed by atoms with E-state index in [2.05, 4.69) is 25.7 Å². The number of aryl methyl sites for hydroxylation is 1. The zero-order valence-electron chi connectivity index (χ0n) is 25.5. The second kappa shape index (κ2) is 11.5. The number of nitrogens with zero attached hydrogens (tertiary/aromatic N) is 5. The van der Waals surface area contributed by atoms with Crippen molar-refractivity contribution >= 4 is 41.8 Å². The average Bonchev–Trinajstić information content (AvgIpc) is 3.49. The number of rotatable bonds is 8. The van der Waals surface area contributed by atoms with Crippen LogP contribution in [-0.2, 0) is 16.2 Å². The lowest BCUT2D eigenvalue weighted by Gasteiger charge is -2.21. The number of imidazole rings is 1. The highest BCUT2D eigenvalue weighted by Gasteiger charge is 2.27. The molecule has 4 rings (SSSR count). The Morgan fingerprint density at radius 1 is 1.17 bits per heavy atom. The summed E-state index contributed by atoms with van der Waals surface area (Å²) in [6.45, 7) is 15.3. The molecular formula is C31H39N5O4Si. The van der Waals surface area contributed by atoms with Crippen molar-refractivity contribution in [3.05, 3.63) is 59.0 Å². The van der Waals surface area contributed by atoms with E-state index in [0.717, 1.165) is 22.5 Å². The van der Waals surface area contributed by atoms with E-state index in [1.165, 1.54) is 4.57 Å². The molecule has 0 saturated heterocycles. The van der Waals surface area contributed by atoms with E-state index in [1.54, 1.807) is 32.5 Å². The quantitative estimate of drug-likeness (QED) is 0.131. The van der Waals surface area contributed by atoms with Gasteiger partial charge in [0.25, 0.3) is 0 Å². The van der Waals surface area contributed by atoms with Crippen LogP contribution in [0.2, 0.25) is 25.7 Å². The molecule has 2 aromatic carbocycles. The molecule has 4 aromatic rings. The van der Waals surface area contributed by atoms with Crippen LogP contribution in [0.25, 0.3) is 21.9 Å². The van der Waals surface area contributed by atoms with Gasteiger partial charge in [0.2, 0.25) is 0 Å². The normalized spacial score (nSPS) is 12.6. The van der Waals surface area contributed by atoms with Crippen molar-refractivity contribution in [2.45, 2.75) is 65.7 Å². The van der Waals surface area contributed by atoms with Crippen LogP contribution in [0.4, 0.5) is 4.79 Å². The molecule has 0 amide bonds. The maximum atomic E-state index is 13.1. The van der Waals surface area contributed by atoms with E-state index >= 15 is 0 Å². The SMILES string of the molecule is CN=C(c1c(OC)cc(C)c2c1ccn2C(=O)OC(C)(C)C)c1nc2cc(C#N)ccc2n1COCC[Si](C)(C)C. The third-order valence-corrected chi connectivity index (χ3v) is 8.40. The van der Waals surface area contributed by atoms with Gasteiger partial charge >= 0.3 is 6.09 Å². The van der Waals surface area contributed by atoms with Gasteiger partial charge in [-0.05, 0) is 69.6 Å². The Bertz CT molecular complexity index is 1680. The van der Waals surface area contributed by atoms with Gasteiger partial charge < -0.3 is 14.2 Å². The molecule has 0 N–H and O–H groups in total. The number of benzene rings is 2. The number of carbonyl (C=O) groups is 1.